The number of anilines is 2. The Morgan fingerprint density at radius 2 is 1.74 bits per heavy atom. The number of nitrogens with one attached hydrogen (secondary N) is 2. The molecule has 3 aromatic rings. The Bertz CT molecular complexity index is 1120. The molecule has 0 spiro atoms. The van der Waals surface area contributed by atoms with Gasteiger partial charge in [0.15, 0.2) is 0 Å². The number of fused-ring (bicyclic) bond motifs is 1. The highest BCUT2D eigenvalue weighted by Crippen LogP contribution is 2.33. The third-order valence-electron chi connectivity index (χ3n) is 6.31. The van der Waals surface area contributed by atoms with E-state index in [2.05, 4.69) is 15.6 Å². The van der Waals surface area contributed by atoms with Crippen LogP contribution in [0.2, 0.25) is 0 Å². The lowest BCUT2D eigenvalue weighted by atomic mass is 9.86. The molecule has 2 N–H and O–H groups in total. The number of aromatic nitrogens is 2. The van der Waals surface area contributed by atoms with Gasteiger partial charge in [0.2, 0.25) is 5.95 Å². The van der Waals surface area contributed by atoms with Gasteiger partial charge < -0.3 is 15.5 Å². The summed E-state index contributed by atoms with van der Waals surface area (Å²) in [5.74, 6) is 1.16. The SMILES string of the molecule is CN(C)c1nc(N[C@H]2CC[C@@H](CNCc3cc(F)ccc3C(F)(F)F)CC2)nc2ccccc12. The average molecular weight is 476 g/mol. The Balaban J connectivity index is 1.31. The number of hydrogen-bond acceptors (Lipinski definition) is 5. The van der Waals surface area contributed by atoms with Gasteiger partial charge in [-0.25, -0.2) is 9.37 Å². The summed E-state index contributed by atoms with van der Waals surface area (Å²) >= 11 is 0. The van der Waals surface area contributed by atoms with Crippen LogP contribution in [0.25, 0.3) is 10.9 Å². The highest BCUT2D eigenvalue weighted by atomic mass is 19.4. The van der Waals surface area contributed by atoms with Crippen LogP contribution in [0.3, 0.4) is 0 Å². The monoisotopic (exact) mass is 475 g/mol. The lowest BCUT2D eigenvalue weighted by Crippen LogP contribution is -2.32. The number of hydrogen-bond donors (Lipinski definition) is 2. The van der Waals surface area contributed by atoms with E-state index in [1.54, 1.807) is 0 Å². The maximum Gasteiger partial charge on any atom is 0.416 e. The summed E-state index contributed by atoms with van der Waals surface area (Å²) in [5.41, 5.74) is 0.0342. The van der Waals surface area contributed by atoms with Gasteiger partial charge >= 0.3 is 6.18 Å². The van der Waals surface area contributed by atoms with Crippen molar-refractivity contribution in [3.8, 4) is 0 Å². The van der Waals surface area contributed by atoms with Crippen LogP contribution in [0.1, 0.15) is 36.8 Å². The second-order valence-corrected chi connectivity index (χ2v) is 9.07. The van der Waals surface area contributed by atoms with Gasteiger partial charge in [0.05, 0.1) is 11.1 Å². The van der Waals surface area contributed by atoms with Crippen LogP contribution in [-0.4, -0.2) is 36.6 Å². The van der Waals surface area contributed by atoms with Crippen LogP contribution >= 0.6 is 0 Å². The maximum absolute atomic E-state index is 13.5. The molecule has 34 heavy (non-hydrogen) atoms. The van der Waals surface area contributed by atoms with Crippen molar-refractivity contribution in [2.45, 2.75) is 44.4 Å². The maximum atomic E-state index is 13.5. The van der Waals surface area contributed by atoms with Crippen LogP contribution < -0.4 is 15.5 Å². The molecule has 4 rings (SSSR count). The zero-order chi connectivity index (χ0) is 24.3. The number of benzene rings is 2. The van der Waals surface area contributed by atoms with Crippen molar-refractivity contribution in [2.75, 3.05) is 30.9 Å². The van der Waals surface area contributed by atoms with Gasteiger partial charge in [0.1, 0.15) is 11.6 Å². The highest BCUT2D eigenvalue weighted by Gasteiger charge is 2.33. The first-order chi connectivity index (χ1) is 16.2. The molecule has 0 unspecified atom stereocenters. The normalized spacial score (nSPS) is 18.8. The summed E-state index contributed by atoms with van der Waals surface area (Å²) in [6.07, 6.45) is -0.769. The van der Waals surface area contributed by atoms with E-state index in [1.165, 1.54) is 0 Å². The van der Waals surface area contributed by atoms with Crippen molar-refractivity contribution in [1.29, 1.82) is 0 Å². The molecule has 5 nitrogen and oxygen atoms in total. The molecule has 9 heteroatoms. The minimum absolute atomic E-state index is 0.0109. The summed E-state index contributed by atoms with van der Waals surface area (Å²) in [6.45, 7) is 0.584. The van der Waals surface area contributed by atoms with Crippen molar-refractivity contribution in [1.82, 2.24) is 15.3 Å². The van der Waals surface area contributed by atoms with E-state index >= 15 is 0 Å². The molecule has 0 amide bonds. The van der Waals surface area contributed by atoms with Crippen LogP contribution in [0.4, 0.5) is 29.3 Å². The number of nitrogens with zero attached hydrogens (tertiary/aromatic N) is 3. The standard InChI is InChI=1S/C25H29F4N5/c1-34(2)23-20-5-3-4-6-22(20)32-24(33-23)31-19-10-7-16(8-11-19)14-30-15-17-13-18(26)9-12-21(17)25(27,28)29/h3-6,9,12-13,16,19,30H,7-8,10-11,14-15H2,1-2H3,(H,31,32,33)/t16-,19+. The molecule has 0 radical (unpaired) electrons. The molecule has 1 aromatic heterocycles. The molecule has 1 aliphatic rings. The Morgan fingerprint density at radius 3 is 2.44 bits per heavy atom. The van der Waals surface area contributed by atoms with Gasteiger partial charge in [-0.05, 0) is 74.0 Å². The van der Waals surface area contributed by atoms with Crippen molar-refractivity contribution >= 4 is 22.7 Å². The topological polar surface area (TPSA) is 53.1 Å². The first-order valence-corrected chi connectivity index (χ1v) is 11.5. The second kappa shape index (κ2) is 10.1. The van der Waals surface area contributed by atoms with E-state index in [4.69, 9.17) is 4.98 Å². The second-order valence-electron chi connectivity index (χ2n) is 9.07. The van der Waals surface area contributed by atoms with Crippen LogP contribution in [0, 0.1) is 11.7 Å². The molecule has 1 fully saturated rings. The molecule has 1 saturated carbocycles. The number of alkyl halides is 3. The van der Waals surface area contributed by atoms with E-state index in [9.17, 15) is 17.6 Å². The molecule has 0 bridgehead atoms. The molecule has 1 heterocycles. The predicted octanol–water partition coefficient (Wildman–Crippen LogP) is 5.61. The minimum Gasteiger partial charge on any atom is -0.362 e. The molecule has 2 aromatic carbocycles. The lowest BCUT2D eigenvalue weighted by molar-refractivity contribution is -0.138. The third-order valence-corrected chi connectivity index (χ3v) is 6.31. The predicted molar refractivity (Wildman–Crippen MR) is 126 cm³/mol. The zero-order valence-corrected chi connectivity index (χ0v) is 19.3. The van der Waals surface area contributed by atoms with Crippen molar-refractivity contribution < 1.29 is 17.6 Å². The fourth-order valence-corrected chi connectivity index (χ4v) is 4.55. The summed E-state index contributed by atoms with van der Waals surface area (Å²) in [6, 6.07) is 10.8. The Hall–Kier alpha value is -2.94. The molecule has 1 aliphatic carbocycles. The summed E-state index contributed by atoms with van der Waals surface area (Å²) in [5, 5.41) is 7.56. The Kier molecular flexibility index (Phi) is 7.21. The van der Waals surface area contributed by atoms with Gasteiger partial charge in [-0.3, -0.25) is 0 Å². The smallest absolute Gasteiger partial charge is 0.362 e. The molecule has 0 saturated heterocycles. The average Bonchev–Trinajstić information content (AvgIpc) is 2.79. The van der Waals surface area contributed by atoms with Crippen LogP contribution in [0.5, 0.6) is 0 Å². The van der Waals surface area contributed by atoms with Crippen molar-refractivity contribution in [3.05, 3.63) is 59.4 Å². The summed E-state index contributed by atoms with van der Waals surface area (Å²) < 4.78 is 53.0. The first kappa shape index (κ1) is 24.2. The minimum atomic E-state index is -4.49. The van der Waals surface area contributed by atoms with Crippen molar-refractivity contribution in [2.24, 2.45) is 5.92 Å². The van der Waals surface area contributed by atoms with E-state index in [1.807, 2.05) is 43.3 Å². The summed E-state index contributed by atoms with van der Waals surface area (Å²) in [7, 11) is 3.91. The molecular formula is C25H29F4N5. The van der Waals surface area contributed by atoms with Gasteiger partial charge in [-0.1, -0.05) is 12.1 Å². The Morgan fingerprint density at radius 1 is 1.00 bits per heavy atom. The summed E-state index contributed by atoms with van der Waals surface area (Å²) in [4.78, 5) is 11.3. The van der Waals surface area contributed by atoms with E-state index in [0.29, 0.717) is 18.4 Å². The Labute approximate surface area is 196 Å². The number of para-hydroxylation sites is 1. The number of rotatable bonds is 7. The van der Waals surface area contributed by atoms with Gasteiger partial charge in [-0.2, -0.15) is 18.2 Å². The molecule has 0 aliphatic heterocycles. The molecule has 0 atom stereocenters. The third kappa shape index (κ3) is 5.75. The van der Waals surface area contributed by atoms with Crippen molar-refractivity contribution in [3.63, 3.8) is 0 Å². The highest BCUT2D eigenvalue weighted by molar-refractivity contribution is 5.90. The van der Waals surface area contributed by atoms with E-state index in [0.717, 1.165) is 60.6 Å². The quantitative estimate of drug-likeness (QED) is 0.435. The van der Waals surface area contributed by atoms with E-state index < -0.39 is 17.6 Å². The lowest BCUT2D eigenvalue weighted by Gasteiger charge is -2.29. The zero-order valence-electron chi connectivity index (χ0n) is 19.3. The van der Waals surface area contributed by atoms with E-state index in [-0.39, 0.29) is 18.2 Å². The fourth-order valence-electron chi connectivity index (χ4n) is 4.55. The van der Waals surface area contributed by atoms with Gasteiger partial charge in [-0.15, -0.1) is 0 Å². The van der Waals surface area contributed by atoms with Gasteiger partial charge in [0.25, 0.3) is 0 Å². The first-order valence-electron chi connectivity index (χ1n) is 11.5. The van der Waals surface area contributed by atoms with Crippen LogP contribution in [-0.2, 0) is 12.7 Å². The van der Waals surface area contributed by atoms with Crippen LogP contribution in [0.15, 0.2) is 42.5 Å². The largest absolute Gasteiger partial charge is 0.416 e. The fraction of sp³-hybridized carbons (Fsp3) is 0.440. The number of halogens is 4. The molecule has 182 valence electrons. The van der Waals surface area contributed by atoms with Gasteiger partial charge in [0, 0.05) is 32.1 Å². The molecular weight excluding hydrogens is 446 g/mol.